The maximum Gasteiger partial charge on any atom is 0.255 e. The number of nitrogens with zero attached hydrogens (tertiary/aromatic N) is 4. The fourth-order valence-corrected chi connectivity index (χ4v) is 8.36. The topological polar surface area (TPSA) is 283 Å². The summed E-state index contributed by atoms with van der Waals surface area (Å²) < 4.78 is 12.2. The first-order chi connectivity index (χ1) is 31.9. The number of hydrogen-bond acceptors (Lipinski definition) is 13. The number of nitriles is 1. The van der Waals surface area contributed by atoms with Crippen molar-refractivity contribution in [1.82, 2.24) is 36.1 Å². The summed E-state index contributed by atoms with van der Waals surface area (Å²) in [5.41, 5.74) is 22.2. The predicted molar refractivity (Wildman–Crippen MR) is 247 cm³/mol. The van der Waals surface area contributed by atoms with Gasteiger partial charge in [-0.3, -0.25) is 24.0 Å². The Morgan fingerprint density at radius 3 is 2.18 bits per heavy atom. The summed E-state index contributed by atoms with van der Waals surface area (Å²) in [5, 5.41) is 19.9. The van der Waals surface area contributed by atoms with Crippen molar-refractivity contribution < 1.29 is 33.4 Å². The molecular weight excluding hydrogens is 843 g/mol. The highest BCUT2D eigenvalue weighted by atomic mass is 16.5. The monoisotopic (exact) mass is 901 g/mol. The van der Waals surface area contributed by atoms with E-state index in [1.807, 2.05) is 18.2 Å². The highest BCUT2D eigenvalue weighted by Gasteiger charge is 2.36. The first-order valence-electron chi connectivity index (χ1n) is 22.3. The number of nitrogens with one attached hydrogen (secondary N) is 4. The van der Waals surface area contributed by atoms with Gasteiger partial charge in [0.05, 0.1) is 17.3 Å². The number of likely N-dealkylation sites (N-methyl/N-ethyl adjacent to an activating group) is 1. The van der Waals surface area contributed by atoms with Crippen LogP contribution in [-0.4, -0.2) is 109 Å². The molecule has 1 aromatic heterocycles. The Morgan fingerprint density at radius 2 is 1.55 bits per heavy atom. The third-order valence-electron chi connectivity index (χ3n) is 11.8. The molecule has 4 bridgehead atoms. The summed E-state index contributed by atoms with van der Waals surface area (Å²) in [6.07, 6.45) is 6.28. The van der Waals surface area contributed by atoms with Crippen molar-refractivity contribution in [3.63, 3.8) is 0 Å². The van der Waals surface area contributed by atoms with E-state index in [1.165, 1.54) is 56.3 Å². The first kappa shape index (κ1) is 48.5. The molecule has 5 amide bonds. The molecule has 1 saturated carbocycles. The second-order valence-corrected chi connectivity index (χ2v) is 16.5. The van der Waals surface area contributed by atoms with Gasteiger partial charge < -0.3 is 52.8 Å². The quantitative estimate of drug-likeness (QED) is 0.0796. The minimum atomic E-state index is -1.40. The number of aryl methyl sites for hydroxylation is 1. The van der Waals surface area contributed by atoms with Crippen LogP contribution in [-0.2, 0) is 25.6 Å². The van der Waals surface area contributed by atoms with Gasteiger partial charge in [-0.25, -0.2) is 9.97 Å². The number of fused-ring (bicyclic) bond motifs is 5. The first-order valence-corrected chi connectivity index (χ1v) is 22.3. The molecule has 0 spiro atoms. The van der Waals surface area contributed by atoms with Crippen molar-refractivity contribution in [1.29, 1.82) is 5.26 Å². The number of aromatic nitrogens is 2. The molecule has 348 valence electrons. The van der Waals surface area contributed by atoms with Crippen LogP contribution in [0.1, 0.15) is 83.7 Å². The number of carbonyl (C=O) groups excluding carboxylic acids is 5. The van der Waals surface area contributed by atoms with E-state index < -0.39 is 53.7 Å². The lowest BCUT2D eigenvalue weighted by atomic mass is 9.93. The molecule has 1 fully saturated rings. The van der Waals surface area contributed by atoms with E-state index >= 15 is 0 Å². The summed E-state index contributed by atoms with van der Waals surface area (Å²) in [6.45, 7) is 3.52. The Labute approximate surface area is 384 Å². The zero-order chi connectivity index (χ0) is 47.3. The standard InChI is InChI=1S/C48H59N11O7/c1-28-37(27-54-43(55-28)33-11-9-32(10-12-33)31-6-4-5-7-31)45(61)57-38(16-17-49)48(64)59(3)42-34-13-15-41(66-23-20-52)36(26-34)35-24-30(8-14-40(35)65-22-19-51)25-39(46(62)53-21-18-50)58-44(60)29(2)56-47(42)63/h8-15,24,26-27,29,31,38-39,42H,4-7,16-17,19-23,25,49,51-52H2,1-3H3,(H,53,62)(H,56,63)(H,57,61)(H,58,60). The van der Waals surface area contributed by atoms with E-state index in [-0.39, 0.29) is 57.8 Å². The largest absolute Gasteiger partial charge is 0.492 e. The van der Waals surface area contributed by atoms with Gasteiger partial charge in [-0.2, -0.15) is 5.26 Å². The van der Waals surface area contributed by atoms with E-state index in [1.54, 1.807) is 43.3 Å². The molecule has 4 unspecified atom stereocenters. The van der Waals surface area contributed by atoms with Gasteiger partial charge in [0, 0.05) is 49.4 Å². The Kier molecular flexibility index (Phi) is 16.8. The summed E-state index contributed by atoms with van der Waals surface area (Å²) in [5.74, 6) is -1.54. The van der Waals surface area contributed by atoms with Gasteiger partial charge in [0.1, 0.15) is 55.4 Å². The minimum absolute atomic E-state index is 0.00453. The Balaban J connectivity index is 1.35. The molecule has 1 aliphatic heterocycles. The van der Waals surface area contributed by atoms with Gasteiger partial charge in [0.25, 0.3) is 5.91 Å². The second-order valence-electron chi connectivity index (χ2n) is 16.5. The van der Waals surface area contributed by atoms with Crippen molar-refractivity contribution in [2.45, 2.75) is 82.5 Å². The minimum Gasteiger partial charge on any atom is -0.492 e. The van der Waals surface area contributed by atoms with Crippen LogP contribution in [0.5, 0.6) is 11.5 Å². The van der Waals surface area contributed by atoms with Gasteiger partial charge in [-0.05, 0) is 86.5 Å². The van der Waals surface area contributed by atoms with Crippen molar-refractivity contribution in [2.24, 2.45) is 17.2 Å². The summed E-state index contributed by atoms with van der Waals surface area (Å²) in [7, 11) is 1.42. The molecule has 3 aromatic carbocycles. The number of nitrogens with two attached hydrogens (primary N) is 3. The molecule has 1 aliphatic carbocycles. The predicted octanol–water partition coefficient (Wildman–Crippen LogP) is 2.28. The van der Waals surface area contributed by atoms with Crippen LogP contribution in [0.15, 0.2) is 66.9 Å². The van der Waals surface area contributed by atoms with Crippen LogP contribution < -0.4 is 47.9 Å². The van der Waals surface area contributed by atoms with Crippen molar-refractivity contribution in [3.8, 4) is 40.1 Å². The van der Waals surface area contributed by atoms with Gasteiger partial charge >= 0.3 is 0 Å². The lowest BCUT2D eigenvalue weighted by molar-refractivity contribution is -0.141. The van der Waals surface area contributed by atoms with Crippen molar-refractivity contribution >= 4 is 29.5 Å². The third-order valence-corrected chi connectivity index (χ3v) is 11.8. The summed E-state index contributed by atoms with van der Waals surface area (Å²) in [4.78, 5) is 80.6. The van der Waals surface area contributed by atoms with Crippen LogP contribution in [0.3, 0.4) is 0 Å². The highest BCUT2D eigenvalue weighted by Crippen LogP contribution is 2.40. The average Bonchev–Trinajstić information content (AvgIpc) is 3.87. The number of benzene rings is 3. The van der Waals surface area contributed by atoms with E-state index in [0.29, 0.717) is 51.2 Å². The van der Waals surface area contributed by atoms with Crippen molar-refractivity contribution in [3.05, 3.63) is 94.8 Å². The normalized spacial score (nSPS) is 17.9. The van der Waals surface area contributed by atoms with Crippen molar-refractivity contribution in [2.75, 3.05) is 46.4 Å². The Bertz CT molecular complexity index is 2430. The summed E-state index contributed by atoms with van der Waals surface area (Å²) in [6, 6.07) is 15.3. The molecule has 4 atom stereocenters. The van der Waals surface area contributed by atoms with Gasteiger partial charge in [-0.1, -0.05) is 49.2 Å². The molecular formula is C48H59N11O7. The van der Waals surface area contributed by atoms with E-state index in [9.17, 15) is 24.0 Å². The van der Waals surface area contributed by atoms with Crippen LogP contribution >= 0.6 is 0 Å². The zero-order valence-electron chi connectivity index (χ0n) is 37.6. The van der Waals surface area contributed by atoms with Crippen LogP contribution in [0.25, 0.3) is 22.5 Å². The van der Waals surface area contributed by atoms with Gasteiger partial charge in [-0.15, -0.1) is 0 Å². The number of carbonyl (C=O) groups is 5. The fraction of sp³-hybridized carbons (Fsp3) is 0.417. The molecule has 2 heterocycles. The lowest BCUT2D eigenvalue weighted by Crippen LogP contribution is -2.56. The molecule has 6 rings (SSSR count). The molecule has 66 heavy (non-hydrogen) atoms. The van der Waals surface area contributed by atoms with E-state index in [2.05, 4.69) is 43.4 Å². The van der Waals surface area contributed by atoms with Crippen LogP contribution in [0.2, 0.25) is 0 Å². The van der Waals surface area contributed by atoms with E-state index in [0.717, 1.165) is 5.56 Å². The number of amides is 5. The summed E-state index contributed by atoms with van der Waals surface area (Å²) >= 11 is 0. The van der Waals surface area contributed by atoms with Crippen LogP contribution in [0, 0.1) is 18.3 Å². The maximum absolute atomic E-state index is 14.7. The molecule has 10 N–H and O–H groups in total. The fourth-order valence-electron chi connectivity index (χ4n) is 8.36. The number of hydrogen-bond donors (Lipinski definition) is 7. The van der Waals surface area contributed by atoms with Gasteiger partial charge in [0.15, 0.2) is 5.82 Å². The molecule has 18 nitrogen and oxygen atoms in total. The molecule has 0 radical (unpaired) electrons. The van der Waals surface area contributed by atoms with Crippen LogP contribution in [0.4, 0.5) is 0 Å². The average molecular weight is 902 g/mol. The smallest absolute Gasteiger partial charge is 0.255 e. The van der Waals surface area contributed by atoms with Gasteiger partial charge in [0.2, 0.25) is 23.6 Å². The number of ether oxygens (including phenoxy) is 2. The Morgan fingerprint density at radius 1 is 0.894 bits per heavy atom. The molecule has 2 aliphatic rings. The molecule has 4 aromatic rings. The van der Waals surface area contributed by atoms with E-state index in [4.69, 9.17) is 31.9 Å². The second kappa shape index (κ2) is 22.8. The SMILES string of the molecule is Cc1nc(-c2ccc(C3CCCC3)cc2)ncc1C(=O)NC(CCN)C(=O)N(C)C1C(=O)NC(C)C(=O)NC(C(=O)NCC#N)Cc2ccc(OCCN)c(c2)-c2cc1ccc2OCCN. The maximum atomic E-state index is 14.7. The lowest BCUT2D eigenvalue weighted by Gasteiger charge is -2.32. The highest BCUT2D eigenvalue weighted by molar-refractivity contribution is 6.00. The molecule has 18 heteroatoms. The number of rotatable bonds is 16. The molecule has 0 saturated heterocycles. The third kappa shape index (κ3) is 11.7. The zero-order valence-corrected chi connectivity index (χ0v) is 37.6. The Hall–Kier alpha value is -6.94.